The third-order valence-corrected chi connectivity index (χ3v) is 2.77. The SMILES string of the molecule is CN(C)C1CN(c2nc(Cl)ncc2F)C1. The number of nitrogens with zero attached hydrogens (tertiary/aromatic N) is 4. The average molecular weight is 231 g/mol. The number of likely N-dealkylation sites (N-methyl/N-ethyl adjacent to an activating group) is 1. The van der Waals surface area contributed by atoms with Crippen molar-refractivity contribution in [3.05, 3.63) is 17.3 Å². The molecular weight excluding hydrogens is 219 g/mol. The number of aromatic nitrogens is 2. The topological polar surface area (TPSA) is 32.3 Å². The Morgan fingerprint density at radius 3 is 2.80 bits per heavy atom. The molecule has 0 N–H and O–H groups in total. The second kappa shape index (κ2) is 3.90. The monoisotopic (exact) mass is 230 g/mol. The van der Waals surface area contributed by atoms with Crippen LogP contribution in [0.15, 0.2) is 6.20 Å². The highest BCUT2D eigenvalue weighted by molar-refractivity contribution is 6.28. The van der Waals surface area contributed by atoms with E-state index in [0.717, 1.165) is 19.3 Å². The van der Waals surface area contributed by atoms with Gasteiger partial charge in [-0.25, -0.2) is 9.37 Å². The summed E-state index contributed by atoms with van der Waals surface area (Å²) in [5.41, 5.74) is 0. The van der Waals surface area contributed by atoms with Crippen LogP contribution >= 0.6 is 11.6 Å². The molecule has 0 aromatic carbocycles. The van der Waals surface area contributed by atoms with E-state index in [9.17, 15) is 4.39 Å². The van der Waals surface area contributed by atoms with Gasteiger partial charge in [-0.3, -0.25) is 0 Å². The molecule has 2 heterocycles. The highest BCUT2D eigenvalue weighted by Gasteiger charge is 2.31. The van der Waals surface area contributed by atoms with Crippen molar-refractivity contribution in [2.75, 3.05) is 32.1 Å². The molecule has 1 fully saturated rings. The van der Waals surface area contributed by atoms with Gasteiger partial charge in [0, 0.05) is 19.1 Å². The van der Waals surface area contributed by atoms with Gasteiger partial charge in [-0.15, -0.1) is 0 Å². The summed E-state index contributed by atoms with van der Waals surface area (Å²) >= 11 is 5.61. The Morgan fingerprint density at radius 1 is 1.53 bits per heavy atom. The first kappa shape index (κ1) is 10.6. The third-order valence-electron chi connectivity index (χ3n) is 2.59. The fourth-order valence-corrected chi connectivity index (χ4v) is 1.64. The Morgan fingerprint density at radius 2 is 2.20 bits per heavy atom. The summed E-state index contributed by atoms with van der Waals surface area (Å²) in [7, 11) is 4.01. The zero-order chi connectivity index (χ0) is 11.0. The maximum Gasteiger partial charge on any atom is 0.224 e. The number of rotatable bonds is 2. The molecule has 0 atom stereocenters. The molecule has 0 spiro atoms. The van der Waals surface area contributed by atoms with E-state index in [2.05, 4.69) is 14.9 Å². The summed E-state index contributed by atoms with van der Waals surface area (Å²) < 4.78 is 13.3. The van der Waals surface area contributed by atoms with E-state index in [4.69, 9.17) is 11.6 Å². The molecule has 1 aliphatic heterocycles. The van der Waals surface area contributed by atoms with Crippen molar-refractivity contribution in [3.8, 4) is 0 Å². The van der Waals surface area contributed by atoms with E-state index in [0.29, 0.717) is 11.9 Å². The van der Waals surface area contributed by atoms with Crippen LogP contribution in [0.2, 0.25) is 5.28 Å². The van der Waals surface area contributed by atoms with Crippen LogP contribution in [0.5, 0.6) is 0 Å². The van der Waals surface area contributed by atoms with E-state index < -0.39 is 5.82 Å². The van der Waals surface area contributed by atoms with Crippen LogP contribution in [-0.2, 0) is 0 Å². The molecule has 0 aliphatic carbocycles. The molecule has 0 amide bonds. The molecule has 4 nitrogen and oxygen atoms in total. The van der Waals surface area contributed by atoms with Crippen LogP contribution in [0.1, 0.15) is 0 Å². The largest absolute Gasteiger partial charge is 0.351 e. The van der Waals surface area contributed by atoms with Crippen molar-refractivity contribution in [1.29, 1.82) is 0 Å². The van der Waals surface area contributed by atoms with Gasteiger partial charge in [0.15, 0.2) is 11.6 Å². The highest BCUT2D eigenvalue weighted by atomic mass is 35.5. The fourth-order valence-electron chi connectivity index (χ4n) is 1.51. The molecule has 0 radical (unpaired) electrons. The van der Waals surface area contributed by atoms with Crippen LogP contribution in [0, 0.1) is 5.82 Å². The van der Waals surface area contributed by atoms with Gasteiger partial charge in [0.05, 0.1) is 6.20 Å². The average Bonchev–Trinajstić information content (AvgIpc) is 2.08. The molecule has 1 saturated heterocycles. The maximum absolute atomic E-state index is 13.3. The van der Waals surface area contributed by atoms with Crippen LogP contribution in [0.4, 0.5) is 10.2 Å². The molecule has 6 heteroatoms. The van der Waals surface area contributed by atoms with E-state index in [-0.39, 0.29) is 5.28 Å². The van der Waals surface area contributed by atoms with Crippen LogP contribution in [-0.4, -0.2) is 48.1 Å². The lowest BCUT2D eigenvalue weighted by molar-refractivity contribution is 0.244. The Balaban J connectivity index is 2.09. The first-order chi connectivity index (χ1) is 7.08. The van der Waals surface area contributed by atoms with E-state index >= 15 is 0 Å². The van der Waals surface area contributed by atoms with Crippen LogP contribution in [0.3, 0.4) is 0 Å². The zero-order valence-electron chi connectivity index (χ0n) is 8.61. The number of hydrogen-bond acceptors (Lipinski definition) is 4. The second-order valence-corrected chi connectivity index (χ2v) is 4.17. The van der Waals surface area contributed by atoms with E-state index in [1.165, 1.54) is 0 Å². The minimum Gasteiger partial charge on any atom is -0.351 e. The minimum atomic E-state index is -0.420. The van der Waals surface area contributed by atoms with Gasteiger partial charge in [0.1, 0.15) is 0 Å². The smallest absolute Gasteiger partial charge is 0.224 e. The zero-order valence-corrected chi connectivity index (χ0v) is 9.37. The Bertz CT molecular complexity index is 365. The van der Waals surface area contributed by atoms with Crippen molar-refractivity contribution >= 4 is 17.4 Å². The lowest BCUT2D eigenvalue weighted by Crippen LogP contribution is -2.58. The Kier molecular flexibility index (Phi) is 2.75. The molecule has 1 aromatic heterocycles. The van der Waals surface area contributed by atoms with E-state index in [1.807, 2.05) is 19.0 Å². The summed E-state index contributed by atoms with van der Waals surface area (Å²) in [6.07, 6.45) is 1.10. The molecule has 15 heavy (non-hydrogen) atoms. The van der Waals surface area contributed by atoms with Gasteiger partial charge < -0.3 is 9.80 Å². The van der Waals surface area contributed by atoms with Gasteiger partial charge in [-0.1, -0.05) is 0 Å². The molecule has 1 aromatic rings. The Hall–Kier alpha value is -0.940. The minimum absolute atomic E-state index is 0.0831. The predicted octanol–water partition coefficient (Wildman–Crippen LogP) is 1.02. The number of halogens is 2. The van der Waals surface area contributed by atoms with Gasteiger partial charge in [-0.2, -0.15) is 4.98 Å². The quantitative estimate of drug-likeness (QED) is 0.711. The van der Waals surface area contributed by atoms with Crippen LogP contribution < -0.4 is 4.90 Å². The van der Waals surface area contributed by atoms with Crippen molar-refractivity contribution in [2.24, 2.45) is 0 Å². The molecular formula is C9H12ClFN4. The van der Waals surface area contributed by atoms with Crippen molar-refractivity contribution < 1.29 is 4.39 Å². The van der Waals surface area contributed by atoms with E-state index in [1.54, 1.807) is 0 Å². The number of hydrogen-bond donors (Lipinski definition) is 0. The lowest BCUT2D eigenvalue weighted by atomic mass is 10.1. The Labute approximate surface area is 92.7 Å². The first-order valence-corrected chi connectivity index (χ1v) is 5.05. The third kappa shape index (κ3) is 2.03. The normalized spacial score (nSPS) is 17.0. The van der Waals surface area contributed by atoms with Crippen molar-refractivity contribution in [3.63, 3.8) is 0 Å². The second-order valence-electron chi connectivity index (χ2n) is 3.83. The maximum atomic E-state index is 13.3. The number of anilines is 1. The molecule has 0 saturated carbocycles. The molecule has 1 aliphatic rings. The first-order valence-electron chi connectivity index (χ1n) is 4.67. The fraction of sp³-hybridized carbons (Fsp3) is 0.556. The highest BCUT2D eigenvalue weighted by Crippen LogP contribution is 2.23. The summed E-state index contributed by atoms with van der Waals surface area (Å²) in [5, 5.41) is 0.0831. The summed E-state index contributed by atoms with van der Waals surface area (Å²) in [6.45, 7) is 1.55. The van der Waals surface area contributed by atoms with Gasteiger partial charge in [0.2, 0.25) is 5.28 Å². The van der Waals surface area contributed by atoms with Gasteiger partial charge in [0.25, 0.3) is 0 Å². The standard InChI is InChI=1S/C9H12ClFN4/c1-14(2)6-4-15(5-6)8-7(11)3-12-9(10)13-8/h3,6H,4-5H2,1-2H3. The summed E-state index contributed by atoms with van der Waals surface area (Å²) in [5.74, 6) is -0.121. The molecule has 0 unspecified atom stereocenters. The molecule has 82 valence electrons. The summed E-state index contributed by atoms with van der Waals surface area (Å²) in [6, 6.07) is 0.457. The van der Waals surface area contributed by atoms with Crippen molar-refractivity contribution in [2.45, 2.75) is 6.04 Å². The van der Waals surface area contributed by atoms with Gasteiger partial charge in [-0.05, 0) is 25.7 Å². The lowest BCUT2D eigenvalue weighted by Gasteiger charge is -2.43. The molecule has 0 bridgehead atoms. The summed E-state index contributed by atoms with van der Waals surface area (Å²) in [4.78, 5) is 11.4. The van der Waals surface area contributed by atoms with Gasteiger partial charge >= 0.3 is 0 Å². The van der Waals surface area contributed by atoms with Crippen LogP contribution in [0.25, 0.3) is 0 Å². The van der Waals surface area contributed by atoms with Crippen molar-refractivity contribution in [1.82, 2.24) is 14.9 Å². The predicted molar refractivity (Wildman–Crippen MR) is 56.7 cm³/mol. The molecule has 2 rings (SSSR count).